The topological polar surface area (TPSA) is 54.5 Å². The fraction of sp³-hybridized carbons (Fsp3) is 0.500. The van der Waals surface area contributed by atoms with Crippen molar-refractivity contribution in [3.05, 3.63) is 28.8 Å². The maximum absolute atomic E-state index is 12.5. The van der Waals surface area contributed by atoms with E-state index in [1.165, 1.54) is 16.7 Å². The highest BCUT2D eigenvalue weighted by atomic mass is 35.5. The van der Waals surface area contributed by atoms with E-state index < -0.39 is 15.9 Å². The Morgan fingerprint density at radius 1 is 1.43 bits per heavy atom. The first-order valence-electron chi connectivity index (χ1n) is 6.53. The van der Waals surface area contributed by atoms with Crippen LogP contribution in [0.4, 0.5) is 0 Å². The second-order valence-corrected chi connectivity index (χ2v) is 8.49. The van der Waals surface area contributed by atoms with Crippen LogP contribution >= 0.6 is 23.4 Å². The number of carbonyl (C=O) groups excluding carboxylic acids is 1. The predicted octanol–water partition coefficient (Wildman–Crippen LogP) is 2.96. The molecule has 1 amide bonds. The van der Waals surface area contributed by atoms with Crippen molar-refractivity contribution < 1.29 is 13.2 Å². The van der Waals surface area contributed by atoms with Crippen LogP contribution in [0, 0.1) is 0 Å². The number of rotatable bonds is 6. The van der Waals surface area contributed by atoms with Crippen LogP contribution in [-0.4, -0.2) is 50.1 Å². The molecule has 0 aromatic heterocycles. The first kappa shape index (κ1) is 18.3. The van der Waals surface area contributed by atoms with Gasteiger partial charge in [-0.3, -0.25) is 4.79 Å². The van der Waals surface area contributed by atoms with Gasteiger partial charge in [0.25, 0.3) is 5.91 Å². The molecule has 0 saturated heterocycles. The van der Waals surface area contributed by atoms with Crippen molar-refractivity contribution >= 4 is 39.1 Å². The van der Waals surface area contributed by atoms with Crippen LogP contribution in [0.25, 0.3) is 0 Å². The summed E-state index contributed by atoms with van der Waals surface area (Å²) in [6.45, 7) is 3.32. The molecule has 0 aliphatic rings. The van der Waals surface area contributed by atoms with Gasteiger partial charge in [0, 0.05) is 23.7 Å². The Labute approximate surface area is 135 Å². The third kappa shape index (κ3) is 4.90. The monoisotopic (exact) mass is 349 g/mol. The lowest BCUT2D eigenvalue weighted by atomic mass is 10.2. The Kier molecular flexibility index (Phi) is 6.56. The second-order valence-electron chi connectivity index (χ2n) is 4.81. The number of halogens is 1. The Morgan fingerprint density at radius 3 is 2.57 bits per heavy atom. The maximum Gasteiger partial charge on any atom is 0.255 e. The van der Waals surface area contributed by atoms with Gasteiger partial charge in [-0.15, -0.1) is 11.8 Å². The number of amides is 1. The summed E-state index contributed by atoms with van der Waals surface area (Å²) in [5, 5.41) is 0.371. The summed E-state index contributed by atoms with van der Waals surface area (Å²) in [6, 6.07) is 4.85. The SMILES string of the molecule is CCS(=O)(=O)C[C@@H](C)N(C)C(=O)c1cc(SC)ccc1Cl. The molecular weight excluding hydrogens is 330 g/mol. The summed E-state index contributed by atoms with van der Waals surface area (Å²) >= 11 is 7.60. The Bertz CT molecular complexity index is 617. The molecular formula is C14H20ClNO3S2. The highest BCUT2D eigenvalue weighted by molar-refractivity contribution is 7.98. The Hall–Kier alpha value is -0.720. The van der Waals surface area contributed by atoms with Gasteiger partial charge in [0.2, 0.25) is 0 Å². The molecule has 21 heavy (non-hydrogen) atoms. The molecule has 0 fully saturated rings. The molecule has 118 valence electrons. The van der Waals surface area contributed by atoms with E-state index in [9.17, 15) is 13.2 Å². The average Bonchev–Trinajstić information content (AvgIpc) is 2.45. The van der Waals surface area contributed by atoms with E-state index in [1.54, 1.807) is 33.0 Å². The zero-order valence-electron chi connectivity index (χ0n) is 12.6. The number of benzene rings is 1. The van der Waals surface area contributed by atoms with Crippen molar-refractivity contribution in [3.8, 4) is 0 Å². The Morgan fingerprint density at radius 2 is 2.05 bits per heavy atom. The quantitative estimate of drug-likeness (QED) is 0.741. The van der Waals surface area contributed by atoms with E-state index >= 15 is 0 Å². The number of nitrogens with zero attached hydrogens (tertiary/aromatic N) is 1. The van der Waals surface area contributed by atoms with Crippen molar-refractivity contribution in [1.29, 1.82) is 0 Å². The van der Waals surface area contributed by atoms with Gasteiger partial charge in [-0.05, 0) is 31.4 Å². The second kappa shape index (κ2) is 7.51. The molecule has 0 heterocycles. The first-order valence-corrected chi connectivity index (χ1v) is 9.95. The van der Waals surface area contributed by atoms with E-state index in [-0.39, 0.29) is 17.4 Å². The lowest BCUT2D eigenvalue weighted by molar-refractivity contribution is 0.0756. The van der Waals surface area contributed by atoms with Crippen LogP contribution < -0.4 is 0 Å². The average molecular weight is 350 g/mol. The number of carbonyl (C=O) groups is 1. The molecule has 1 aromatic carbocycles. The standard InChI is InChI=1S/C14H20ClNO3S2/c1-5-21(18,19)9-10(2)16(3)14(17)12-8-11(20-4)6-7-13(12)15/h6-8,10H,5,9H2,1-4H3/t10-/m1/s1. The Balaban J connectivity index is 2.97. The van der Waals surface area contributed by atoms with E-state index in [1.807, 2.05) is 12.3 Å². The van der Waals surface area contributed by atoms with Crippen LogP contribution in [-0.2, 0) is 9.84 Å². The molecule has 7 heteroatoms. The van der Waals surface area contributed by atoms with Crippen molar-refractivity contribution in [3.63, 3.8) is 0 Å². The van der Waals surface area contributed by atoms with Crippen LogP contribution in [0.15, 0.2) is 23.1 Å². The zero-order valence-corrected chi connectivity index (χ0v) is 15.0. The minimum Gasteiger partial charge on any atom is -0.338 e. The highest BCUT2D eigenvalue weighted by Gasteiger charge is 2.23. The molecule has 1 atom stereocenters. The highest BCUT2D eigenvalue weighted by Crippen LogP contribution is 2.24. The lowest BCUT2D eigenvalue weighted by Crippen LogP contribution is -2.39. The van der Waals surface area contributed by atoms with Gasteiger partial charge in [0.05, 0.1) is 16.3 Å². The molecule has 0 unspecified atom stereocenters. The van der Waals surface area contributed by atoms with Crippen LogP contribution in [0.1, 0.15) is 24.2 Å². The first-order chi connectivity index (χ1) is 9.71. The van der Waals surface area contributed by atoms with Crippen molar-refractivity contribution in [2.45, 2.75) is 24.8 Å². The number of hydrogen-bond donors (Lipinski definition) is 0. The van der Waals surface area contributed by atoms with Gasteiger partial charge in [-0.1, -0.05) is 18.5 Å². The van der Waals surface area contributed by atoms with Gasteiger partial charge in [0.15, 0.2) is 9.84 Å². The molecule has 0 aliphatic carbocycles. The molecule has 0 aliphatic heterocycles. The molecule has 0 N–H and O–H groups in total. The molecule has 4 nitrogen and oxygen atoms in total. The van der Waals surface area contributed by atoms with E-state index in [4.69, 9.17) is 11.6 Å². The largest absolute Gasteiger partial charge is 0.338 e. The van der Waals surface area contributed by atoms with Gasteiger partial charge >= 0.3 is 0 Å². The fourth-order valence-electron chi connectivity index (χ4n) is 1.78. The van der Waals surface area contributed by atoms with Gasteiger partial charge < -0.3 is 4.90 Å². The molecule has 0 bridgehead atoms. The van der Waals surface area contributed by atoms with Gasteiger partial charge in [0.1, 0.15) is 0 Å². The normalized spacial score (nSPS) is 13.0. The van der Waals surface area contributed by atoms with E-state index in [0.29, 0.717) is 10.6 Å². The van der Waals surface area contributed by atoms with Crippen LogP contribution in [0.3, 0.4) is 0 Å². The van der Waals surface area contributed by atoms with E-state index in [2.05, 4.69) is 0 Å². The number of hydrogen-bond acceptors (Lipinski definition) is 4. The predicted molar refractivity (Wildman–Crippen MR) is 89.1 cm³/mol. The number of sulfone groups is 1. The van der Waals surface area contributed by atoms with Gasteiger partial charge in [-0.2, -0.15) is 0 Å². The summed E-state index contributed by atoms with van der Waals surface area (Å²) in [6.07, 6.45) is 1.91. The summed E-state index contributed by atoms with van der Waals surface area (Å²) in [5.74, 6) is -0.247. The summed E-state index contributed by atoms with van der Waals surface area (Å²) in [7, 11) is -1.54. The van der Waals surface area contributed by atoms with Crippen molar-refractivity contribution in [2.75, 3.05) is 24.8 Å². The number of thioether (sulfide) groups is 1. The summed E-state index contributed by atoms with van der Waals surface area (Å²) < 4.78 is 23.3. The molecule has 1 aromatic rings. The van der Waals surface area contributed by atoms with Gasteiger partial charge in [-0.25, -0.2) is 8.42 Å². The molecule has 1 rings (SSSR count). The lowest BCUT2D eigenvalue weighted by Gasteiger charge is -2.25. The van der Waals surface area contributed by atoms with Crippen molar-refractivity contribution in [1.82, 2.24) is 4.90 Å². The summed E-state index contributed by atoms with van der Waals surface area (Å²) in [5.41, 5.74) is 0.395. The van der Waals surface area contributed by atoms with Crippen LogP contribution in [0.5, 0.6) is 0 Å². The molecule has 0 spiro atoms. The zero-order chi connectivity index (χ0) is 16.2. The fourth-order valence-corrected chi connectivity index (χ4v) is 3.62. The minimum atomic E-state index is -3.13. The molecule has 0 radical (unpaired) electrons. The summed E-state index contributed by atoms with van der Waals surface area (Å²) in [4.78, 5) is 14.9. The minimum absolute atomic E-state index is 0.0500. The smallest absolute Gasteiger partial charge is 0.255 e. The third-order valence-corrected chi connectivity index (χ3v) is 6.25. The van der Waals surface area contributed by atoms with Crippen LogP contribution in [0.2, 0.25) is 5.02 Å². The van der Waals surface area contributed by atoms with E-state index in [0.717, 1.165) is 4.90 Å². The third-order valence-electron chi connectivity index (χ3n) is 3.32. The van der Waals surface area contributed by atoms with Crippen molar-refractivity contribution in [2.24, 2.45) is 0 Å². The molecule has 0 saturated carbocycles. The maximum atomic E-state index is 12.5.